The van der Waals surface area contributed by atoms with E-state index in [0.717, 1.165) is 37.4 Å². The Bertz CT molecular complexity index is 2370. The second-order valence-corrected chi connectivity index (χ2v) is 66.4. The van der Waals surface area contributed by atoms with Crippen LogP contribution in [0.4, 0.5) is 34.9 Å². The smallest absolute Gasteiger partial charge is 0.338 e. The van der Waals surface area contributed by atoms with Gasteiger partial charge in [0.25, 0.3) is 0 Å². The summed E-state index contributed by atoms with van der Waals surface area (Å²) in [5.41, 5.74) is 3.06. The summed E-state index contributed by atoms with van der Waals surface area (Å²) in [5, 5.41) is 9.72. The average molecular weight is 1320 g/mol. The van der Waals surface area contributed by atoms with E-state index in [9.17, 15) is 14.4 Å². The van der Waals surface area contributed by atoms with Gasteiger partial charge in [0.15, 0.2) is 49.9 Å². The summed E-state index contributed by atoms with van der Waals surface area (Å²) in [6, 6.07) is 23.2. The number of rotatable bonds is 36. The van der Waals surface area contributed by atoms with Crippen molar-refractivity contribution in [3.05, 3.63) is 89.5 Å². The van der Waals surface area contributed by atoms with Gasteiger partial charge in [0.05, 0.1) is 36.5 Å². The molecule has 0 saturated heterocycles. The summed E-state index contributed by atoms with van der Waals surface area (Å²) in [7, 11) is -18.0. The highest BCUT2D eigenvalue weighted by molar-refractivity contribution is 6.89. The molecule has 4 rings (SSSR count). The molecule has 468 valence electrons. The standard InChI is InChI=1S/C57H102N6O12Si9/c1-76(2,3)70-82(19,71-77(4,5)6)43-25-22-40-67-52(64)46-28-34-49(35-29-46)58-55-61-56(59-50-36-30-47(31-37-50)53(65)68-41-23-26-44-83(20,72-78(7,8)9)73-79(10,11)12)63-57(62-55)60-51-38-32-48(33-39-51)54(66)69-42-24-27-45-84(21,74-80(13,14)15)75-81(16,17)18/h28-39H,22-27,40-45H2,1-21H3,(H3,58,59,60,61,62,63). The molecule has 0 bridgehead atoms. The van der Waals surface area contributed by atoms with Crippen molar-refractivity contribution >= 4 is 128 Å². The van der Waals surface area contributed by atoms with Crippen LogP contribution in [0.2, 0.25) is 156 Å². The first-order valence-electron chi connectivity index (χ1n) is 29.7. The van der Waals surface area contributed by atoms with E-state index < -0.39 is 93.5 Å². The van der Waals surface area contributed by atoms with E-state index in [1.54, 1.807) is 72.8 Å². The highest BCUT2D eigenvalue weighted by Crippen LogP contribution is 2.30. The summed E-state index contributed by atoms with van der Waals surface area (Å²) in [5.74, 6) is -0.657. The number of nitrogens with one attached hydrogen (secondary N) is 3. The van der Waals surface area contributed by atoms with Crippen molar-refractivity contribution < 1.29 is 53.3 Å². The largest absolute Gasteiger partial charge is 0.462 e. The number of hydrogen-bond donors (Lipinski definition) is 3. The molecule has 0 aliphatic rings. The molecule has 0 spiro atoms. The predicted molar refractivity (Wildman–Crippen MR) is 363 cm³/mol. The van der Waals surface area contributed by atoms with Crippen LogP contribution in [0.5, 0.6) is 0 Å². The Hall–Kier alpha value is -3.81. The van der Waals surface area contributed by atoms with Gasteiger partial charge < -0.3 is 54.9 Å². The Morgan fingerprint density at radius 2 is 0.500 bits per heavy atom. The molecule has 0 amide bonds. The molecule has 1 heterocycles. The van der Waals surface area contributed by atoms with Gasteiger partial charge in [0.1, 0.15) is 0 Å². The molecular weight excluding hydrogens is 1210 g/mol. The minimum Gasteiger partial charge on any atom is -0.462 e. The van der Waals surface area contributed by atoms with E-state index in [-0.39, 0.29) is 37.7 Å². The lowest BCUT2D eigenvalue weighted by molar-refractivity contribution is 0.0490. The van der Waals surface area contributed by atoms with Crippen LogP contribution < -0.4 is 16.0 Å². The molecule has 0 radical (unpaired) electrons. The zero-order valence-electron chi connectivity index (χ0n) is 54.7. The van der Waals surface area contributed by atoms with Crippen LogP contribution >= 0.6 is 0 Å². The van der Waals surface area contributed by atoms with Crippen LogP contribution in [-0.2, 0) is 38.9 Å². The zero-order chi connectivity index (χ0) is 63.0. The number of anilines is 6. The van der Waals surface area contributed by atoms with E-state index in [4.69, 9.17) is 38.9 Å². The highest BCUT2D eigenvalue weighted by Gasteiger charge is 2.42. The van der Waals surface area contributed by atoms with Crippen molar-refractivity contribution in [2.45, 2.75) is 194 Å². The molecule has 4 aromatic rings. The maximum atomic E-state index is 13.2. The predicted octanol–water partition coefficient (Wildman–Crippen LogP) is 16.2. The third kappa shape index (κ3) is 29.7. The van der Waals surface area contributed by atoms with Crippen molar-refractivity contribution in [2.75, 3.05) is 35.8 Å². The van der Waals surface area contributed by atoms with Gasteiger partial charge in [0.2, 0.25) is 17.8 Å². The normalized spacial score (nSPS) is 13.1. The van der Waals surface area contributed by atoms with E-state index in [1.165, 1.54) is 0 Å². The summed E-state index contributed by atoms with van der Waals surface area (Å²) in [6.45, 7) is 46.9. The van der Waals surface area contributed by atoms with Crippen molar-refractivity contribution in [3.63, 3.8) is 0 Å². The monoisotopic (exact) mass is 1310 g/mol. The average Bonchev–Trinajstić information content (AvgIpc) is 3.54. The first-order chi connectivity index (χ1) is 38.6. The molecule has 0 aliphatic carbocycles. The summed E-state index contributed by atoms with van der Waals surface area (Å²) in [4.78, 5) is 53.5. The maximum absolute atomic E-state index is 13.2. The van der Waals surface area contributed by atoms with Gasteiger partial charge in [-0.15, -0.1) is 0 Å². The Morgan fingerprint density at radius 1 is 0.310 bits per heavy atom. The van der Waals surface area contributed by atoms with Gasteiger partial charge in [-0.3, -0.25) is 0 Å². The lowest BCUT2D eigenvalue weighted by Gasteiger charge is -2.38. The Labute approximate surface area is 512 Å². The molecule has 3 aromatic carbocycles. The van der Waals surface area contributed by atoms with Crippen LogP contribution in [0, 0.1) is 0 Å². The molecule has 27 heteroatoms. The van der Waals surface area contributed by atoms with E-state index in [0.29, 0.717) is 53.0 Å². The lowest BCUT2D eigenvalue weighted by atomic mass is 10.2. The fourth-order valence-corrected chi connectivity index (χ4v) is 47.5. The Kier molecular flexibility index (Phi) is 26.7. The van der Waals surface area contributed by atoms with Gasteiger partial charge in [0, 0.05) is 17.1 Å². The second-order valence-electron chi connectivity index (χ2n) is 27.9. The maximum Gasteiger partial charge on any atom is 0.338 e. The van der Waals surface area contributed by atoms with Crippen LogP contribution in [0.1, 0.15) is 69.6 Å². The zero-order valence-corrected chi connectivity index (χ0v) is 63.7. The highest BCUT2D eigenvalue weighted by atomic mass is 28.5. The van der Waals surface area contributed by atoms with Crippen molar-refractivity contribution in [1.29, 1.82) is 0 Å². The van der Waals surface area contributed by atoms with E-state index in [1.807, 2.05) is 0 Å². The van der Waals surface area contributed by atoms with Crippen LogP contribution in [0.15, 0.2) is 72.8 Å². The molecular formula is C57H102N6O12Si9. The molecule has 18 nitrogen and oxygen atoms in total. The van der Waals surface area contributed by atoms with Crippen molar-refractivity contribution in [2.24, 2.45) is 0 Å². The third-order valence-electron chi connectivity index (χ3n) is 11.7. The van der Waals surface area contributed by atoms with Gasteiger partial charge in [-0.1, -0.05) is 0 Å². The molecule has 1 aromatic heterocycles. The number of aromatic nitrogens is 3. The molecule has 0 aliphatic heterocycles. The molecule has 3 N–H and O–H groups in total. The summed E-state index contributed by atoms with van der Waals surface area (Å²) >= 11 is 0. The summed E-state index contributed by atoms with van der Waals surface area (Å²) in [6.07, 6.45) is 4.64. The number of carbonyl (C=O) groups is 3. The van der Waals surface area contributed by atoms with Crippen LogP contribution in [-0.4, -0.2) is 128 Å². The van der Waals surface area contributed by atoms with Gasteiger partial charge in [-0.2, -0.15) is 15.0 Å². The van der Waals surface area contributed by atoms with Crippen molar-refractivity contribution in [1.82, 2.24) is 15.0 Å². The minimum atomic E-state index is -2.38. The first kappa shape index (κ1) is 72.7. The second kappa shape index (κ2) is 30.9. The first-order valence-corrected chi connectivity index (χ1v) is 57.7. The number of hydrogen-bond acceptors (Lipinski definition) is 18. The molecule has 84 heavy (non-hydrogen) atoms. The molecule has 0 atom stereocenters. The van der Waals surface area contributed by atoms with Crippen molar-refractivity contribution in [3.8, 4) is 0 Å². The molecule has 0 unspecified atom stereocenters. The fraction of sp³-hybridized carbons (Fsp3) is 0.579. The number of esters is 3. The van der Waals surface area contributed by atoms with Gasteiger partial charge in [-0.25, -0.2) is 14.4 Å². The molecule has 0 saturated carbocycles. The quantitative estimate of drug-likeness (QED) is 0.0167. The van der Waals surface area contributed by atoms with Crippen LogP contribution in [0.25, 0.3) is 0 Å². The number of carbonyl (C=O) groups excluding carboxylic acids is 3. The third-order valence-corrected chi connectivity index (χ3v) is 40.5. The number of unbranched alkanes of at least 4 members (excludes halogenated alkanes) is 3. The van der Waals surface area contributed by atoms with E-state index in [2.05, 4.69) is 168 Å². The fourth-order valence-electron chi connectivity index (χ4n) is 9.64. The summed E-state index contributed by atoms with van der Waals surface area (Å²) < 4.78 is 56.9. The Balaban J connectivity index is 1.44. The van der Waals surface area contributed by atoms with Gasteiger partial charge in [-0.05, 0) is 267 Å². The SMILES string of the molecule is C[Si](C)(C)O[Si](C)(CCCCOC(=O)c1ccc(Nc2nc(Nc3ccc(C(=O)OCCCC[Si](C)(O[Si](C)(C)C)O[Si](C)(C)C)cc3)nc(Nc3ccc(C(=O)OCCCC[Si](C)(O[Si](C)(C)C)O[Si](C)(C)C)cc3)n2)cc1)O[Si](C)(C)C. The number of nitrogens with zero attached hydrogens (tertiary/aromatic N) is 3. The number of benzene rings is 3. The minimum absolute atomic E-state index is 0.196. The molecule has 0 fully saturated rings. The van der Waals surface area contributed by atoms with E-state index >= 15 is 0 Å². The topological polar surface area (TPSA) is 209 Å². The lowest BCUT2D eigenvalue weighted by Crippen LogP contribution is -2.52. The van der Waals surface area contributed by atoms with Crippen LogP contribution in [0.3, 0.4) is 0 Å². The number of ether oxygens (including phenoxy) is 3. The van der Waals surface area contributed by atoms with Gasteiger partial charge >= 0.3 is 43.6 Å². The Morgan fingerprint density at radius 3 is 0.679 bits per heavy atom.